The normalized spacial score (nSPS) is 10.1. The molecule has 1 heterocycles. The van der Waals surface area contributed by atoms with Crippen LogP contribution in [0, 0.1) is 0 Å². The minimum atomic E-state index is 0.581. The molecule has 0 bridgehead atoms. The average molecular weight is 207 g/mol. The van der Waals surface area contributed by atoms with Crippen LogP contribution in [0.4, 0.5) is 5.69 Å². The van der Waals surface area contributed by atoms with Gasteiger partial charge in [-0.2, -0.15) is 0 Å². The number of anilines is 1. The Bertz CT molecular complexity index is 485. The van der Waals surface area contributed by atoms with Gasteiger partial charge in [-0.1, -0.05) is 17.7 Å². The summed E-state index contributed by atoms with van der Waals surface area (Å²) < 4.78 is 0. The molecule has 4 heteroatoms. The molecular weight excluding hydrogens is 200 g/mol. The molecule has 0 saturated carbocycles. The van der Waals surface area contributed by atoms with Crippen molar-refractivity contribution in [2.24, 2.45) is 0 Å². The van der Waals surface area contributed by atoms with Gasteiger partial charge in [-0.05, 0) is 12.1 Å². The Morgan fingerprint density at radius 1 is 1.36 bits per heavy atom. The highest BCUT2D eigenvalue weighted by atomic mass is 35.5. The third-order valence-electron chi connectivity index (χ3n) is 1.94. The maximum atomic E-state index is 10.2. The first-order chi connectivity index (χ1) is 6.81. The zero-order valence-corrected chi connectivity index (χ0v) is 7.95. The molecule has 0 atom stereocenters. The molecule has 1 N–H and O–H groups in total. The van der Waals surface area contributed by atoms with Gasteiger partial charge >= 0.3 is 0 Å². The van der Waals surface area contributed by atoms with Crippen LogP contribution in [0.25, 0.3) is 10.8 Å². The van der Waals surface area contributed by atoms with Crippen LogP contribution in [0.1, 0.15) is 0 Å². The summed E-state index contributed by atoms with van der Waals surface area (Å²) in [4.78, 5) is 14.2. The smallest absolute Gasteiger partial charge is 0.211 e. The Morgan fingerprint density at radius 3 is 3.00 bits per heavy atom. The van der Waals surface area contributed by atoms with Crippen molar-refractivity contribution in [2.75, 3.05) is 5.32 Å². The maximum Gasteiger partial charge on any atom is 0.211 e. The molecule has 0 radical (unpaired) electrons. The number of benzene rings is 1. The zero-order chi connectivity index (χ0) is 9.97. The van der Waals surface area contributed by atoms with Gasteiger partial charge in [0.25, 0.3) is 0 Å². The summed E-state index contributed by atoms with van der Waals surface area (Å²) in [7, 11) is 0. The van der Waals surface area contributed by atoms with Crippen LogP contribution in [-0.2, 0) is 4.79 Å². The Labute approximate surface area is 85.7 Å². The van der Waals surface area contributed by atoms with E-state index in [9.17, 15) is 4.79 Å². The molecule has 1 aromatic heterocycles. The number of nitrogens with one attached hydrogen (secondary N) is 1. The van der Waals surface area contributed by atoms with E-state index in [1.54, 1.807) is 18.5 Å². The van der Waals surface area contributed by atoms with Gasteiger partial charge in [-0.25, -0.2) is 0 Å². The Kier molecular flexibility index (Phi) is 2.33. The standard InChI is InChI=1S/C10H7ClN2O/c11-10-5-12-4-7-1-2-8(13-6-14)3-9(7)10/h1-6H,(H,13,14). The van der Waals surface area contributed by atoms with Crippen LogP contribution >= 0.6 is 11.6 Å². The van der Waals surface area contributed by atoms with Crippen LogP contribution in [0.2, 0.25) is 5.02 Å². The lowest BCUT2D eigenvalue weighted by molar-refractivity contribution is -0.105. The zero-order valence-electron chi connectivity index (χ0n) is 7.20. The molecule has 1 aromatic carbocycles. The highest BCUT2D eigenvalue weighted by Gasteiger charge is 1.99. The van der Waals surface area contributed by atoms with Gasteiger partial charge in [0.15, 0.2) is 0 Å². The van der Waals surface area contributed by atoms with E-state index in [1.165, 1.54) is 0 Å². The molecule has 1 amide bonds. The van der Waals surface area contributed by atoms with E-state index in [2.05, 4.69) is 10.3 Å². The number of carbonyl (C=O) groups is 1. The molecule has 2 aromatic rings. The largest absolute Gasteiger partial charge is 0.329 e. The minimum absolute atomic E-state index is 0.581. The molecule has 0 aliphatic carbocycles. The SMILES string of the molecule is O=CNc1ccc2cncc(Cl)c2c1. The molecule has 14 heavy (non-hydrogen) atoms. The highest BCUT2D eigenvalue weighted by molar-refractivity contribution is 6.35. The maximum absolute atomic E-state index is 10.2. The molecule has 0 unspecified atom stereocenters. The molecule has 0 aliphatic heterocycles. The number of carbonyl (C=O) groups excluding carboxylic acids is 1. The number of halogens is 1. The molecular formula is C10H7ClN2O. The Balaban J connectivity index is 2.63. The number of hydrogen-bond donors (Lipinski definition) is 1. The topological polar surface area (TPSA) is 42.0 Å². The average Bonchev–Trinajstić information content (AvgIpc) is 2.20. The molecule has 0 saturated heterocycles. The molecule has 0 fully saturated rings. The fraction of sp³-hybridized carbons (Fsp3) is 0. The Hall–Kier alpha value is -1.61. The first kappa shape index (κ1) is 8.97. The van der Waals surface area contributed by atoms with Crippen molar-refractivity contribution in [1.29, 1.82) is 0 Å². The lowest BCUT2D eigenvalue weighted by atomic mass is 10.1. The van der Waals surface area contributed by atoms with Crippen LogP contribution in [0.3, 0.4) is 0 Å². The summed E-state index contributed by atoms with van der Waals surface area (Å²) in [6.45, 7) is 0. The molecule has 70 valence electrons. The summed E-state index contributed by atoms with van der Waals surface area (Å²) in [6, 6.07) is 5.47. The molecule has 3 nitrogen and oxygen atoms in total. The second kappa shape index (κ2) is 3.64. The minimum Gasteiger partial charge on any atom is -0.329 e. The van der Waals surface area contributed by atoms with Gasteiger partial charge < -0.3 is 5.32 Å². The molecule has 0 aliphatic rings. The van der Waals surface area contributed by atoms with E-state index in [1.807, 2.05) is 12.1 Å². The third-order valence-corrected chi connectivity index (χ3v) is 2.24. The van der Waals surface area contributed by atoms with Crippen molar-refractivity contribution < 1.29 is 4.79 Å². The van der Waals surface area contributed by atoms with Crippen LogP contribution in [0.15, 0.2) is 30.6 Å². The molecule has 2 rings (SSSR count). The number of amides is 1. The number of pyridine rings is 1. The number of aromatic nitrogens is 1. The van der Waals surface area contributed by atoms with Crippen LogP contribution in [0.5, 0.6) is 0 Å². The number of nitrogens with zero attached hydrogens (tertiary/aromatic N) is 1. The summed E-state index contributed by atoms with van der Waals surface area (Å²) in [5.74, 6) is 0. The predicted octanol–water partition coefficient (Wildman–Crippen LogP) is 2.46. The van der Waals surface area contributed by atoms with Crippen molar-refractivity contribution in [3.05, 3.63) is 35.6 Å². The molecule has 0 spiro atoms. The van der Waals surface area contributed by atoms with E-state index < -0.39 is 0 Å². The van der Waals surface area contributed by atoms with Crippen molar-refractivity contribution in [3.8, 4) is 0 Å². The second-order valence-corrected chi connectivity index (χ2v) is 3.23. The van der Waals surface area contributed by atoms with Gasteiger partial charge in [0, 0.05) is 28.9 Å². The summed E-state index contributed by atoms with van der Waals surface area (Å²) in [6.07, 6.45) is 3.94. The van der Waals surface area contributed by atoms with E-state index in [0.717, 1.165) is 16.5 Å². The van der Waals surface area contributed by atoms with Crippen molar-refractivity contribution in [2.45, 2.75) is 0 Å². The first-order valence-corrected chi connectivity index (χ1v) is 4.42. The predicted molar refractivity (Wildman–Crippen MR) is 56.4 cm³/mol. The van der Waals surface area contributed by atoms with Gasteiger partial charge in [-0.15, -0.1) is 0 Å². The second-order valence-electron chi connectivity index (χ2n) is 2.82. The van der Waals surface area contributed by atoms with E-state index in [4.69, 9.17) is 11.6 Å². The third kappa shape index (κ3) is 1.54. The Morgan fingerprint density at radius 2 is 2.21 bits per heavy atom. The number of fused-ring (bicyclic) bond motifs is 1. The van der Waals surface area contributed by atoms with E-state index in [0.29, 0.717) is 11.4 Å². The van der Waals surface area contributed by atoms with Gasteiger partial charge in [-0.3, -0.25) is 9.78 Å². The summed E-state index contributed by atoms with van der Waals surface area (Å²) in [5, 5.41) is 4.98. The first-order valence-electron chi connectivity index (χ1n) is 4.05. The van der Waals surface area contributed by atoms with E-state index in [-0.39, 0.29) is 0 Å². The van der Waals surface area contributed by atoms with Crippen molar-refractivity contribution in [1.82, 2.24) is 4.98 Å². The fourth-order valence-corrected chi connectivity index (χ4v) is 1.51. The highest BCUT2D eigenvalue weighted by Crippen LogP contribution is 2.24. The fourth-order valence-electron chi connectivity index (χ4n) is 1.29. The van der Waals surface area contributed by atoms with Gasteiger partial charge in [0.2, 0.25) is 6.41 Å². The van der Waals surface area contributed by atoms with Crippen molar-refractivity contribution >= 4 is 34.5 Å². The van der Waals surface area contributed by atoms with Crippen LogP contribution < -0.4 is 5.32 Å². The lowest BCUT2D eigenvalue weighted by Crippen LogP contribution is -1.93. The van der Waals surface area contributed by atoms with Crippen LogP contribution in [-0.4, -0.2) is 11.4 Å². The lowest BCUT2D eigenvalue weighted by Gasteiger charge is -2.02. The number of hydrogen-bond acceptors (Lipinski definition) is 2. The monoisotopic (exact) mass is 206 g/mol. The van der Waals surface area contributed by atoms with Crippen molar-refractivity contribution in [3.63, 3.8) is 0 Å². The summed E-state index contributed by atoms with van der Waals surface area (Å²) in [5.41, 5.74) is 0.723. The summed E-state index contributed by atoms with van der Waals surface area (Å²) >= 11 is 5.95. The number of rotatable bonds is 2. The van der Waals surface area contributed by atoms with Gasteiger partial charge in [0.1, 0.15) is 0 Å². The van der Waals surface area contributed by atoms with Gasteiger partial charge in [0.05, 0.1) is 5.02 Å². The quantitative estimate of drug-likeness (QED) is 0.767. The van der Waals surface area contributed by atoms with E-state index >= 15 is 0 Å².